The van der Waals surface area contributed by atoms with Crippen molar-refractivity contribution in [3.63, 3.8) is 0 Å². The zero-order valence-electron chi connectivity index (χ0n) is 15.2. The van der Waals surface area contributed by atoms with Gasteiger partial charge in [-0.05, 0) is 51.3 Å². The predicted molar refractivity (Wildman–Crippen MR) is 95.9 cm³/mol. The summed E-state index contributed by atoms with van der Waals surface area (Å²) in [5, 5.41) is 2.88. The van der Waals surface area contributed by atoms with Crippen LogP contribution in [-0.2, 0) is 11.2 Å². The number of amides is 1. The highest BCUT2D eigenvalue weighted by atomic mass is 16.5. The largest absolute Gasteiger partial charge is 0.488 e. The van der Waals surface area contributed by atoms with E-state index in [0.29, 0.717) is 11.5 Å². The molecule has 0 aliphatic rings. The second kappa shape index (κ2) is 9.01. The Morgan fingerprint density at radius 1 is 1.08 bits per heavy atom. The SMILES string of the molecule is CC(=O)NC(C)CCc1ccc(Oc2ncc(OC(C)C)cn2)cc1. The number of carbonyl (C=O) groups is 1. The fourth-order valence-electron chi connectivity index (χ4n) is 2.32. The number of aryl methyl sites for hydroxylation is 1. The second-order valence-electron chi connectivity index (χ2n) is 6.25. The van der Waals surface area contributed by atoms with Gasteiger partial charge in [0.15, 0.2) is 5.75 Å². The number of aromatic nitrogens is 2. The van der Waals surface area contributed by atoms with Crippen molar-refractivity contribution in [3.8, 4) is 17.5 Å². The van der Waals surface area contributed by atoms with Crippen molar-refractivity contribution in [1.29, 1.82) is 0 Å². The van der Waals surface area contributed by atoms with Crippen molar-refractivity contribution >= 4 is 5.91 Å². The molecule has 2 aromatic rings. The van der Waals surface area contributed by atoms with Crippen molar-refractivity contribution in [2.45, 2.75) is 52.7 Å². The molecule has 1 N–H and O–H groups in total. The quantitative estimate of drug-likeness (QED) is 0.794. The molecular weight excluding hydrogens is 318 g/mol. The number of rotatable bonds is 8. The van der Waals surface area contributed by atoms with Gasteiger partial charge >= 0.3 is 6.01 Å². The molecule has 0 radical (unpaired) electrons. The summed E-state index contributed by atoms with van der Waals surface area (Å²) in [5.74, 6) is 1.29. The van der Waals surface area contributed by atoms with Crippen molar-refractivity contribution in [2.75, 3.05) is 0 Å². The van der Waals surface area contributed by atoms with Crippen LogP contribution in [0.5, 0.6) is 17.5 Å². The lowest BCUT2D eigenvalue weighted by Gasteiger charge is -2.12. The first-order valence-corrected chi connectivity index (χ1v) is 8.45. The zero-order valence-corrected chi connectivity index (χ0v) is 15.2. The Bertz CT molecular complexity index is 669. The van der Waals surface area contributed by atoms with Gasteiger partial charge in [0, 0.05) is 13.0 Å². The molecule has 0 fully saturated rings. The number of nitrogens with one attached hydrogen (secondary N) is 1. The Kier molecular flexibility index (Phi) is 6.74. The molecule has 1 unspecified atom stereocenters. The summed E-state index contributed by atoms with van der Waals surface area (Å²) in [4.78, 5) is 19.3. The van der Waals surface area contributed by atoms with Crippen molar-refractivity contribution in [3.05, 3.63) is 42.2 Å². The number of hydrogen-bond donors (Lipinski definition) is 1. The lowest BCUT2D eigenvalue weighted by Crippen LogP contribution is -2.30. The third kappa shape index (κ3) is 6.79. The third-order valence-electron chi connectivity index (χ3n) is 3.42. The maximum atomic E-state index is 11.0. The number of ether oxygens (including phenoxy) is 2. The van der Waals surface area contributed by atoms with Crippen LogP contribution >= 0.6 is 0 Å². The molecule has 1 aromatic heterocycles. The van der Waals surface area contributed by atoms with E-state index in [1.165, 1.54) is 12.5 Å². The summed E-state index contributed by atoms with van der Waals surface area (Å²) in [7, 11) is 0. The number of benzene rings is 1. The van der Waals surface area contributed by atoms with E-state index >= 15 is 0 Å². The molecule has 1 aromatic carbocycles. The number of carbonyl (C=O) groups excluding carboxylic acids is 1. The van der Waals surface area contributed by atoms with Crippen LogP contribution < -0.4 is 14.8 Å². The number of hydrogen-bond acceptors (Lipinski definition) is 5. The molecule has 0 saturated heterocycles. The van der Waals surface area contributed by atoms with Crippen LogP contribution in [0.2, 0.25) is 0 Å². The smallest absolute Gasteiger partial charge is 0.322 e. The van der Waals surface area contributed by atoms with Gasteiger partial charge in [-0.25, -0.2) is 0 Å². The van der Waals surface area contributed by atoms with Crippen molar-refractivity contribution in [1.82, 2.24) is 15.3 Å². The summed E-state index contributed by atoms with van der Waals surface area (Å²) in [5.41, 5.74) is 1.19. The minimum atomic E-state index is 0.000982. The van der Waals surface area contributed by atoms with E-state index in [2.05, 4.69) is 15.3 Å². The first-order valence-electron chi connectivity index (χ1n) is 8.45. The van der Waals surface area contributed by atoms with Gasteiger partial charge in [-0.15, -0.1) is 0 Å². The highest BCUT2D eigenvalue weighted by Gasteiger charge is 2.06. The molecule has 0 saturated carbocycles. The van der Waals surface area contributed by atoms with Gasteiger partial charge in [-0.1, -0.05) is 12.1 Å². The fraction of sp³-hybridized carbons (Fsp3) is 0.421. The second-order valence-corrected chi connectivity index (χ2v) is 6.25. The van der Waals surface area contributed by atoms with E-state index in [-0.39, 0.29) is 24.1 Å². The Balaban J connectivity index is 1.86. The van der Waals surface area contributed by atoms with Crippen molar-refractivity contribution in [2.24, 2.45) is 0 Å². The van der Waals surface area contributed by atoms with E-state index in [0.717, 1.165) is 12.8 Å². The van der Waals surface area contributed by atoms with E-state index < -0.39 is 0 Å². The minimum Gasteiger partial charge on any atom is -0.488 e. The first kappa shape index (κ1) is 18.7. The maximum absolute atomic E-state index is 11.0. The molecule has 2 rings (SSSR count). The predicted octanol–water partition coefficient (Wildman–Crippen LogP) is 3.51. The van der Waals surface area contributed by atoms with E-state index in [9.17, 15) is 4.79 Å². The summed E-state index contributed by atoms with van der Waals surface area (Å²) in [6, 6.07) is 8.23. The minimum absolute atomic E-state index is 0.000982. The van der Waals surface area contributed by atoms with Gasteiger partial charge in [0.25, 0.3) is 0 Å². The Labute approximate surface area is 148 Å². The van der Waals surface area contributed by atoms with Crippen molar-refractivity contribution < 1.29 is 14.3 Å². The summed E-state index contributed by atoms with van der Waals surface area (Å²) < 4.78 is 11.1. The zero-order chi connectivity index (χ0) is 18.2. The molecule has 1 amide bonds. The third-order valence-corrected chi connectivity index (χ3v) is 3.42. The molecule has 0 aliphatic carbocycles. The lowest BCUT2D eigenvalue weighted by molar-refractivity contribution is -0.119. The highest BCUT2D eigenvalue weighted by Crippen LogP contribution is 2.20. The topological polar surface area (TPSA) is 73.3 Å². The molecular formula is C19H25N3O3. The van der Waals surface area contributed by atoms with Crippen LogP contribution in [0.1, 0.15) is 39.7 Å². The molecule has 0 bridgehead atoms. The van der Waals surface area contributed by atoms with E-state index in [1.807, 2.05) is 45.0 Å². The van der Waals surface area contributed by atoms with Gasteiger partial charge in [0.2, 0.25) is 5.91 Å². The van der Waals surface area contributed by atoms with E-state index in [4.69, 9.17) is 9.47 Å². The van der Waals surface area contributed by atoms with Gasteiger partial charge in [0.05, 0.1) is 18.5 Å². The van der Waals surface area contributed by atoms with Gasteiger partial charge in [0.1, 0.15) is 5.75 Å². The highest BCUT2D eigenvalue weighted by molar-refractivity contribution is 5.73. The monoisotopic (exact) mass is 343 g/mol. The molecule has 1 atom stereocenters. The maximum Gasteiger partial charge on any atom is 0.322 e. The van der Waals surface area contributed by atoms with Crippen LogP contribution in [0.3, 0.4) is 0 Å². The van der Waals surface area contributed by atoms with Gasteiger partial charge < -0.3 is 14.8 Å². The van der Waals surface area contributed by atoms with Gasteiger partial charge in [-0.3, -0.25) is 4.79 Å². The molecule has 0 aliphatic heterocycles. The normalized spacial score (nSPS) is 11.9. The lowest BCUT2D eigenvalue weighted by atomic mass is 10.1. The molecule has 25 heavy (non-hydrogen) atoms. The first-order chi connectivity index (χ1) is 11.9. The molecule has 6 heteroatoms. The number of nitrogens with zero attached hydrogens (tertiary/aromatic N) is 2. The summed E-state index contributed by atoms with van der Waals surface area (Å²) in [6.07, 6.45) is 5.05. The molecule has 0 spiro atoms. The Hall–Kier alpha value is -2.63. The van der Waals surface area contributed by atoms with Crippen LogP contribution in [0.15, 0.2) is 36.7 Å². The Morgan fingerprint density at radius 3 is 2.28 bits per heavy atom. The van der Waals surface area contributed by atoms with Crippen LogP contribution in [0.4, 0.5) is 0 Å². The average molecular weight is 343 g/mol. The Morgan fingerprint density at radius 2 is 1.72 bits per heavy atom. The standard InChI is InChI=1S/C19H25N3O3/c1-13(2)24-18-11-20-19(21-12-18)25-17-9-7-16(8-10-17)6-5-14(3)22-15(4)23/h7-14H,5-6H2,1-4H3,(H,22,23). The van der Waals surface area contributed by atoms with Crippen LogP contribution in [-0.4, -0.2) is 28.0 Å². The van der Waals surface area contributed by atoms with Crippen LogP contribution in [0.25, 0.3) is 0 Å². The summed E-state index contributed by atoms with van der Waals surface area (Å²) in [6.45, 7) is 7.43. The van der Waals surface area contributed by atoms with E-state index in [1.54, 1.807) is 12.4 Å². The van der Waals surface area contributed by atoms with Gasteiger partial charge in [-0.2, -0.15) is 9.97 Å². The molecule has 134 valence electrons. The van der Waals surface area contributed by atoms with Crippen LogP contribution in [0, 0.1) is 0 Å². The summed E-state index contributed by atoms with van der Waals surface area (Å²) >= 11 is 0. The average Bonchev–Trinajstić information content (AvgIpc) is 2.55. The molecule has 6 nitrogen and oxygen atoms in total. The fourth-order valence-corrected chi connectivity index (χ4v) is 2.32. The molecule has 1 heterocycles.